The maximum absolute atomic E-state index is 9.39. The third kappa shape index (κ3) is 0.894. The van der Waals surface area contributed by atoms with Crippen molar-refractivity contribution in [3.8, 4) is 0 Å². The molecule has 0 spiro atoms. The molecule has 0 aliphatic carbocycles. The van der Waals surface area contributed by atoms with E-state index in [0.717, 1.165) is 5.70 Å². The smallest absolute Gasteiger partial charge is 0.231 e. The summed E-state index contributed by atoms with van der Waals surface area (Å²) in [5.41, 5.74) is 0.887. The van der Waals surface area contributed by atoms with Crippen molar-refractivity contribution in [1.29, 1.82) is 0 Å². The van der Waals surface area contributed by atoms with Crippen LogP contribution in [-0.4, -0.2) is 19.9 Å². The number of aliphatic hydroxyl groups is 1. The molecule has 2 N–H and O–H groups in total. The van der Waals surface area contributed by atoms with E-state index in [2.05, 4.69) is 15.5 Å². The minimum atomic E-state index is -0.638. The van der Waals surface area contributed by atoms with Gasteiger partial charge in [-0.05, 0) is 13.0 Å². The zero-order valence-corrected chi connectivity index (χ0v) is 6.02. The van der Waals surface area contributed by atoms with Crippen LogP contribution in [0.1, 0.15) is 13.2 Å². The van der Waals surface area contributed by atoms with Crippen molar-refractivity contribution in [1.82, 2.24) is 14.8 Å². The predicted molar refractivity (Wildman–Crippen MR) is 38.7 cm³/mol. The molecule has 11 heavy (non-hydrogen) atoms. The molecule has 2 rings (SSSR count). The molecule has 0 fully saturated rings. The maximum atomic E-state index is 9.39. The van der Waals surface area contributed by atoms with Crippen LogP contribution in [0.2, 0.25) is 0 Å². The maximum Gasteiger partial charge on any atom is 0.231 e. The van der Waals surface area contributed by atoms with Crippen LogP contribution in [0.15, 0.2) is 18.1 Å². The molecule has 1 atom stereocenters. The summed E-state index contributed by atoms with van der Waals surface area (Å²) in [6.07, 6.45) is 2.54. The van der Waals surface area contributed by atoms with Crippen molar-refractivity contribution in [3.63, 3.8) is 0 Å². The number of allylic oxidation sites excluding steroid dienone is 1. The molecule has 1 aliphatic rings. The Morgan fingerprint density at radius 1 is 1.73 bits per heavy atom. The van der Waals surface area contributed by atoms with Crippen molar-refractivity contribution in [3.05, 3.63) is 18.1 Å². The molecule has 5 heteroatoms. The Hall–Kier alpha value is -1.36. The molecule has 0 saturated heterocycles. The van der Waals surface area contributed by atoms with Gasteiger partial charge in [0, 0.05) is 5.70 Å². The number of hydrogen-bond acceptors (Lipinski definition) is 4. The van der Waals surface area contributed by atoms with E-state index < -0.39 is 6.23 Å². The Kier molecular flexibility index (Phi) is 1.19. The number of nitrogens with zero attached hydrogens (tertiary/aromatic N) is 3. The fraction of sp³-hybridized carbons (Fsp3) is 0.333. The molecule has 1 aromatic heterocycles. The van der Waals surface area contributed by atoms with Crippen molar-refractivity contribution < 1.29 is 5.11 Å². The first-order valence-electron chi connectivity index (χ1n) is 3.30. The molecule has 0 saturated carbocycles. The van der Waals surface area contributed by atoms with E-state index in [0.29, 0.717) is 5.95 Å². The van der Waals surface area contributed by atoms with Gasteiger partial charge in [-0.1, -0.05) is 0 Å². The van der Waals surface area contributed by atoms with Gasteiger partial charge in [-0.2, -0.15) is 0 Å². The normalized spacial score (nSPS) is 22.0. The highest BCUT2D eigenvalue weighted by Crippen LogP contribution is 2.19. The van der Waals surface area contributed by atoms with Gasteiger partial charge in [-0.15, -0.1) is 10.2 Å². The molecular weight excluding hydrogens is 144 g/mol. The lowest BCUT2D eigenvalue weighted by Gasteiger charge is -2.17. The average Bonchev–Trinajstić information content (AvgIpc) is 2.34. The Labute approximate surface area is 63.4 Å². The zero-order chi connectivity index (χ0) is 7.84. The first-order chi connectivity index (χ1) is 5.27. The molecule has 5 nitrogen and oxygen atoms in total. The van der Waals surface area contributed by atoms with Crippen LogP contribution in [0.4, 0.5) is 5.95 Å². The minimum Gasteiger partial charge on any atom is -0.369 e. The highest BCUT2D eigenvalue weighted by atomic mass is 16.3. The number of fused-ring (bicyclic) bond motifs is 1. The molecular formula is C6H8N4O. The number of aliphatic hydroxyl groups excluding tert-OH is 1. The number of nitrogens with one attached hydrogen (secondary N) is 1. The second-order valence-electron chi connectivity index (χ2n) is 2.45. The molecule has 1 unspecified atom stereocenters. The van der Waals surface area contributed by atoms with E-state index in [1.807, 2.05) is 6.92 Å². The van der Waals surface area contributed by atoms with E-state index in [-0.39, 0.29) is 0 Å². The van der Waals surface area contributed by atoms with Crippen molar-refractivity contribution in [2.45, 2.75) is 13.2 Å². The SMILES string of the molecule is CC1=CC(O)n2cnnc2N1. The lowest BCUT2D eigenvalue weighted by atomic mass is 10.3. The fourth-order valence-electron chi connectivity index (χ4n) is 1.05. The second-order valence-corrected chi connectivity index (χ2v) is 2.45. The number of aromatic nitrogens is 3. The second kappa shape index (κ2) is 2.06. The first kappa shape index (κ1) is 6.36. The van der Waals surface area contributed by atoms with E-state index in [4.69, 9.17) is 0 Å². The van der Waals surface area contributed by atoms with Gasteiger partial charge in [0.05, 0.1) is 0 Å². The quantitative estimate of drug-likeness (QED) is 0.553. The van der Waals surface area contributed by atoms with E-state index in [1.165, 1.54) is 6.33 Å². The summed E-state index contributed by atoms with van der Waals surface area (Å²) in [5, 5.41) is 19.8. The van der Waals surface area contributed by atoms with Gasteiger partial charge < -0.3 is 10.4 Å². The molecule has 0 aromatic carbocycles. The van der Waals surface area contributed by atoms with E-state index in [9.17, 15) is 5.11 Å². The van der Waals surface area contributed by atoms with Gasteiger partial charge in [0.25, 0.3) is 0 Å². The van der Waals surface area contributed by atoms with Crippen LogP contribution >= 0.6 is 0 Å². The lowest BCUT2D eigenvalue weighted by Crippen LogP contribution is -2.16. The van der Waals surface area contributed by atoms with Crippen molar-refractivity contribution in [2.24, 2.45) is 0 Å². The topological polar surface area (TPSA) is 63.0 Å². The lowest BCUT2D eigenvalue weighted by molar-refractivity contribution is 0.153. The third-order valence-corrected chi connectivity index (χ3v) is 1.57. The highest BCUT2D eigenvalue weighted by molar-refractivity contribution is 5.37. The van der Waals surface area contributed by atoms with Crippen LogP contribution in [0, 0.1) is 0 Å². The number of rotatable bonds is 0. The Balaban J connectivity index is 2.45. The largest absolute Gasteiger partial charge is 0.369 e. The Morgan fingerprint density at radius 3 is 3.36 bits per heavy atom. The third-order valence-electron chi connectivity index (χ3n) is 1.57. The van der Waals surface area contributed by atoms with Gasteiger partial charge in [-0.25, -0.2) is 0 Å². The summed E-state index contributed by atoms with van der Waals surface area (Å²) in [7, 11) is 0. The van der Waals surface area contributed by atoms with Crippen LogP contribution in [0.3, 0.4) is 0 Å². The predicted octanol–water partition coefficient (Wildman–Crippen LogP) is 0.0983. The van der Waals surface area contributed by atoms with Crippen LogP contribution in [0.25, 0.3) is 0 Å². The number of hydrogen-bond donors (Lipinski definition) is 2. The standard InChI is InChI=1S/C6H8N4O/c1-4-2-5(11)10-3-7-9-6(10)8-4/h2-3,5,11H,1H3,(H,8,9). The van der Waals surface area contributed by atoms with Crippen LogP contribution in [0.5, 0.6) is 0 Å². The van der Waals surface area contributed by atoms with Crippen LogP contribution < -0.4 is 5.32 Å². The molecule has 58 valence electrons. The molecule has 0 amide bonds. The average molecular weight is 152 g/mol. The summed E-state index contributed by atoms with van der Waals surface area (Å²) in [6.45, 7) is 1.86. The van der Waals surface area contributed by atoms with Gasteiger partial charge in [0.15, 0.2) is 6.23 Å². The van der Waals surface area contributed by atoms with Crippen molar-refractivity contribution in [2.75, 3.05) is 5.32 Å². The summed E-state index contributed by atoms with van der Waals surface area (Å²) < 4.78 is 1.55. The van der Waals surface area contributed by atoms with Crippen LogP contribution in [-0.2, 0) is 0 Å². The van der Waals surface area contributed by atoms with Gasteiger partial charge in [0.2, 0.25) is 5.95 Å². The van der Waals surface area contributed by atoms with Gasteiger partial charge in [0.1, 0.15) is 6.33 Å². The van der Waals surface area contributed by atoms with Crippen molar-refractivity contribution >= 4 is 5.95 Å². The van der Waals surface area contributed by atoms with Gasteiger partial charge in [-0.3, -0.25) is 4.57 Å². The molecule has 1 aliphatic heterocycles. The number of anilines is 1. The fourth-order valence-corrected chi connectivity index (χ4v) is 1.05. The summed E-state index contributed by atoms with van der Waals surface area (Å²) in [6, 6.07) is 0. The van der Waals surface area contributed by atoms with E-state index >= 15 is 0 Å². The summed E-state index contributed by atoms with van der Waals surface area (Å²) >= 11 is 0. The highest BCUT2D eigenvalue weighted by Gasteiger charge is 2.15. The Morgan fingerprint density at radius 2 is 2.55 bits per heavy atom. The molecule has 0 bridgehead atoms. The Bertz CT molecular complexity index is 303. The first-order valence-corrected chi connectivity index (χ1v) is 3.30. The molecule has 2 heterocycles. The zero-order valence-electron chi connectivity index (χ0n) is 6.02. The summed E-state index contributed by atoms with van der Waals surface area (Å²) in [4.78, 5) is 0. The monoisotopic (exact) mass is 152 g/mol. The summed E-state index contributed by atoms with van der Waals surface area (Å²) in [5.74, 6) is 0.581. The van der Waals surface area contributed by atoms with Gasteiger partial charge >= 0.3 is 0 Å². The molecule has 0 radical (unpaired) electrons. The van der Waals surface area contributed by atoms with E-state index in [1.54, 1.807) is 10.6 Å². The molecule has 1 aromatic rings. The minimum absolute atomic E-state index is 0.581.